The molecule has 2 aromatic rings. The summed E-state index contributed by atoms with van der Waals surface area (Å²) in [4.78, 5) is 10.8. The van der Waals surface area contributed by atoms with Crippen LogP contribution in [0, 0.1) is 3.57 Å². The van der Waals surface area contributed by atoms with E-state index in [1.807, 2.05) is 22.6 Å². The Morgan fingerprint density at radius 3 is 2.57 bits per heavy atom. The number of nitrogens with zero attached hydrogens (tertiary/aromatic N) is 1. The van der Waals surface area contributed by atoms with E-state index < -0.39 is 16.0 Å². The molecule has 0 aliphatic rings. The number of anilines is 1. The van der Waals surface area contributed by atoms with Crippen LogP contribution in [0.5, 0.6) is 0 Å². The molecule has 21 heavy (non-hydrogen) atoms. The van der Waals surface area contributed by atoms with Gasteiger partial charge in [-0.25, -0.2) is 13.2 Å². The first-order valence-corrected chi connectivity index (χ1v) is 8.52. The number of aryl methyl sites for hydroxylation is 1. The van der Waals surface area contributed by atoms with Gasteiger partial charge in [0.25, 0.3) is 10.0 Å². The zero-order valence-corrected chi connectivity index (χ0v) is 14.4. The Bertz CT molecular complexity index is 817. The summed E-state index contributed by atoms with van der Waals surface area (Å²) < 4.78 is 28.8. The van der Waals surface area contributed by atoms with Crippen molar-refractivity contribution < 1.29 is 18.3 Å². The second kappa shape index (κ2) is 5.85. The smallest absolute Gasteiger partial charge is 0.352 e. The number of aromatic nitrogens is 1. The average Bonchev–Trinajstić information content (AvgIpc) is 2.76. The molecule has 0 spiro atoms. The van der Waals surface area contributed by atoms with Gasteiger partial charge in [-0.15, -0.1) is 0 Å². The van der Waals surface area contributed by atoms with Gasteiger partial charge in [-0.05, 0) is 46.9 Å². The summed E-state index contributed by atoms with van der Waals surface area (Å²) in [6, 6.07) is 5.83. The summed E-state index contributed by atoms with van der Waals surface area (Å²) in [5.74, 6) is -1.19. The first-order chi connectivity index (χ1) is 9.70. The number of hydrogen-bond donors (Lipinski definition) is 2. The molecule has 2 rings (SSSR count). The molecule has 2 N–H and O–H groups in total. The SMILES string of the molecule is Cn1cc(S(=O)(=O)Nc2ccc(Cl)cc2I)cc1C(=O)O. The van der Waals surface area contributed by atoms with Crippen LogP contribution in [-0.4, -0.2) is 24.1 Å². The molecule has 112 valence electrons. The van der Waals surface area contributed by atoms with E-state index in [9.17, 15) is 13.2 Å². The number of rotatable bonds is 4. The highest BCUT2D eigenvalue weighted by Gasteiger charge is 2.21. The van der Waals surface area contributed by atoms with Crippen molar-refractivity contribution in [3.63, 3.8) is 0 Å². The zero-order valence-electron chi connectivity index (χ0n) is 10.7. The second-order valence-corrected chi connectivity index (χ2v) is 7.49. The normalized spacial score (nSPS) is 11.4. The van der Waals surface area contributed by atoms with Gasteiger partial charge in [0.2, 0.25) is 0 Å². The van der Waals surface area contributed by atoms with Crippen LogP contribution >= 0.6 is 34.2 Å². The molecule has 9 heteroatoms. The van der Waals surface area contributed by atoms with Crippen molar-refractivity contribution in [1.29, 1.82) is 0 Å². The highest BCUT2D eigenvalue weighted by atomic mass is 127. The van der Waals surface area contributed by atoms with E-state index in [0.29, 0.717) is 14.3 Å². The van der Waals surface area contributed by atoms with Crippen molar-refractivity contribution in [3.05, 3.63) is 44.7 Å². The quantitative estimate of drug-likeness (QED) is 0.716. The van der Waals surface area contributed by atoms with E-state index in [4.69, 9.17) is 16.7 Å². The summed E-state index contributed by atoms with van der Waals surface area (Å²) in [6.45, 7) is 0. The Labute approximate surface area is 139 Å². The average molecular weight is 441 g/mol. The molecule has 1 aromatic heterocycles. The lowest BCUT2D eigenvalue weighted by molar-refractivity contribution is 0.0686. The fourth-order valence-corrected chi connectivity index (χ4v) is 4.01. The van der Waals surface area contributed by atoms with E-state index in [1.165, 1.54) is 17.8 Å². The minimum atomic E-state index is -3.87. The maximum absolute atomic E-state index is 12.3. The van der Waals surface area contributed by atoms with Gasteiger partial charge in [0.15, 0.2) is 0 Å². The highest BCUT2D eigenvalue weighted by Crippen LogP contribution is 2.25. The molecule has 0 saturated carbocycles. The minimum absolute atomic E-state index is 0.110. The summed E-state index contributed by atoms with van der Waals surface area (Å²) in [5.41, 5.74) is 0.266. The third-order valence-electron chi connectivity index (χ3n) is 2.68. The monoisotopic (exact) mass is 440 g/mol. The molecule has 0 atom stereocenters. The molecule has 0 fully saturated rings. The van der Waals surface area contributed by atoms with Gasteiger partial charge >= 0.3 is 5.97 Å². The van der Waals surface area contributed by atoms with E-state index in [2.05, 4.69) is 4.72 Å². The topological polar surface area (TPSA) is 88.4 Å². The van der Waals surface area contributed by atoms with Crippen molar-refractivity contribution in [2.45, 2.75) is 4.90 Å². The van der Waals surface area contributed by atoms with Crippen LogP contribution in [0.3, 0.4) is 0 Å². The van der Waals surface area contributed by atoms with Crippen LogP contribution in [0.1, 0.15) is 10.5 Å². The van der Waals surface area contributed by atoms with Gasteiger partial charge in [-0.1, -0.05) is 11.6 Å². The Hall–Kier alpha value is -1.26. The fourth-order valence-electron chi connectivity index (χ4n) is 1.67. The van der Waals surface area contributed by atoms with Crippen LogP contribution in [0.4, 0.5) is 5.69 Å². The van der Waals surface area contributed by atoms with Gasteiger partial charge in [0.1, 0.15) is 10.6 Å². The number of sulfonamides is 1. The number of carboxylic acids is 1. The molecule has 6 nitrogen and oxygen atoms in total. The molecule has 0 bridgehead atoms. The lowest BCUT2D eigenvalue weighted by Crippen LogP contribution is -2.13. The lowest BCUT2D eigenvalue weighted by Gasteiger charge is -2.08. The molecule has 1 heterocycles. The summed E-state index contributed by atoms with van der Waals surface area (Å²) in [5, 5.41) is 9.45. The Morgan fingerprint density at radius 1 is 1.38 bits per heavy atom. The fraction of sp³-hybridized carbons (Fsp3) is 0.0833. The Kier molecular flexibility index (Phi) is 4.49. The number of hydrogen-bond acceptors (Lipinski definition) is 3. The molecule has 0 unspecified atom stereocenters. The minimum Gasteiger partial charge on any atom is -0.477 e. The molecule has 0 radical (unpaired) electrons. The van der Waals surface area contributed by atoms with Gasteiger partial charge < -0.3 is 9.67 Å². The summed E-state index contributed by atoms with van der Waals surface area (Å²) >= 11 is 7.77. The van der Waals surface area contributed by atoms with Crippen LogP contribution in [0.2, 0.25) is 5.02 Å². The number of aromatic carboxylic acids is 1. The number of carboxylic acid groups (broad SMARTS) is 1. The number of halogens is 2. The number of nitrogens with one attached hydrogen (secondary N) is 1. The zero-order chi connectivity index (χ0) is 15.8. The second-order valence-electron chi connectivity index (χ2n) is 4.21. The number of benzene rings is 1. The maximum atomic E-state index is 12.3. The lowest BCUT2D eigenvalue weighted by atomic mass is 10.3. The Morgan fingerprint density at radius 2 is 2.05 bits per heavy atom. The number of carbonyl (C=O) groups is 1. The third kappa shape index (κ3) is 3.50. The molecule has 1 aromatic carbocycles. The summed E-state index contributed by atoms with van der Waals surface area (Å²) in [7, 11) is -2.40. The van der Waals surface area contributed by atoms with E-state index in [1.54, 1.807) is 18.2 Å². The standard InChI is InChI=1S/C12H10ClIN2O4S/c1-16-6-8(5-11(16)12(17)18)21(19,20)15-10-3-2-7(13)4-9(10)14/h2-6,15H,1H3,(H,17,18). The van der Waals surface area contributed by atoms with Gasteiger partial charge in [-0.2, -0.15) is 0 Å². The van der Waals surface area contributed by atoms with E-state index in [0.717, 1.165) is 6.07 Å². The first kappa shape index (κ1) is 16.1. The van der Waals surface area contributed by atoms with Crippen LogP contribution < -0.4 is 4.72 Å². The maximum Gasteiger partial charge on any atom is 0.352 e. The van der Waals surface area contributed by atoms with Crippen LogP contribution in [0.15, 0.2) is 35.4 Å². The first-order valence-electron chi connectivity index (χ1n) is 5.58. The van der Waals surface area contributed by atoms with Crippen molar-refractivity contribution >= 4 is 55.9 Å². The third-order valence-corrected chi connectivity index (χ3v) is 5.14. The van der Waals surface area contributed by atoms with Crippen LogP contribution in [-0.2, 0) is 17.1 Å². The van der Waals surface area contributed by atoms with Gasteiger partial charge in [0.05, 0.1) is 5.69 Å². The largest absolute Gasteiger partial charge is 0.477 e. The molecule has 0 aliphatic carbocycles. The van der Waals surface area contributed by atoms with E-state index in [-0.39, 0.29) is 10.6 Å². The van der Waals surface area contributed by atoms with Crippen molar-refractivity contribution in [2.24, 2.45) is 7.05 Å². The summed E-state index contributed by atoms with van der Waals surface area (Å²) in [6.07, 6.45) is 1.24. The predicted octanol–water partition coefficient (Wildman–Crippen LogP) is 2.78. The van der Waals surface area contributed by atoms with Crippen LogP contribution in [0.25, 0.3) is 0 Å². The molecular weight excluding hydrogens is 431 g/mol. The molecular formula is C12H10ClIN2O4S. The van der Waals surface area contributed by atoms with Gasteiger partial charge in [0, 0.05) is 21.8 Å². The highest BCUT2D eigenvalue weighted by molar-refractivity contribution is 14.1. The Balaban J connectivity index is 2.38. The van der Waals surface area contributed by atoms with Crippen molar-refractivity contribution in [3.8, 4) is 0 Å². The van der Waals surface area contributed by atoms with E-state index >= 15 is 0 Å². The molecule has 0 aliphatic heterocycles. The van der Waals surface area contributed by atoms with Gasteiger partial charge in [-0.3, -0.25) is 4.72 Å². The molecule has 0 amide bonds. The predicted molar refractivity (Wildman–Crippen MR) is 87.3 cm³/mol. The van der Waals surface area contributed by atoms with Crippen molar-refractivity contribution in [2.75, 3.05) is 4.72 Å². The molecule has 0 saturated heterocycles. The van der Waals surface area contributed by atoms with Crippen molar-refractivity contribution in [1.82, 2.24) is 4.57 Å².